The summed E-state index contributed by atoms with van der Waals surface area (Å²) in [5, 5.41) is 11.9. The van der Waals surface area contributed by atoms with E-state index in [0.717, 1.165) is 22.9 Å². The molecule has 5 heteroatoms. The smallest absolute Gasteiger partial charge is 0.407 e. The Balaban J connectivity index is 2.54. The second-order valence-corrected chi connectivity index (χ2v) is 4.84. The van der Waals surface area contributed by atoms with Crippen LogP contribution in [0.25, 0.3) is 0 Å². The average Bonchev–Trinajstić information content (AvgIpc) is 2.36. The van der Waals surface area contributed by atoms with Crippen molar-refractivity contribution >= 4 is 22.0 Å². The van der Waals surface area contributed by atoms with E-state index in [1.807, 2.05) is 31.2 Å². The van der Waals surface area contributed by atoms with E-state index in [4.69, 9.17) is 4.74 Å². The number of rotatable bonds is 6. The number of alkyl carbamates (subject to hydrolysis) is 1. The molecule has 100 valence electrons. The molecular weight excluding hydrogens is 298 g/mol. The summed E-state index contributed by atoms with van der Waals surface area (Å²) in [5.74, 6) is 0. The van der Waals surface area contributed by atoms with Crippen LogP contribution < -0.4 is 5.32 Å². The lowest BCUT2D eigenvalue weighted by Gasteiger charge is -2.16. The molecule has 1 rings (SSSR count). The predicted molar refractivity (Wildman–Crippen MR) is 73.4 cm³/mol. The standard InChI is InChI=1S/C13H18BrNO3/c1-2-3-7-18-13(17)15-12(9-16)10-5-4-6-11(14)8-10/h4-6,8,12,16H,2-3,7,9H2,1H3,(H,15,17)/t12-/m0/s1. The van der Waals surface area contributed by atoms with Crippen molar-refractivity contribution in [2.75, 3.05) is 13.2 Å². The van der Waals surface area contributed by atoms with Gasteiger partial charge in [-0.25, -0.2) is 4.79 Å². The molecule has 0 radical (unpaired) electrons. The Kier molecular flexibility index (Phi) is 6.75. The number of halogens is 1. The molecule has 1 aromatic rings. The summed E-state index contributed by atoms with van der Waals surface area (Å²) in [6.07, 6.45) is 1.32. The molecule has 4 nitrogen and oxygen atoms in total. The Labute approximate surface area is 115 Å². The van der Waals surface area contributed by atoms with Crippen molar-refractivity contribution in [3.05, 3.63) is 34.3 Å². The molecule has 0 bridgehead atoms. The van der Waals surface area contributed by atoms with Crippen molar-refractivity contribution in [1.29, 1.82) is 0 Å². The molecule has 1 aromatic carbocycles. The van der Waals surface area contributed by atoms with E-state index in [1.54, 1.807) is 0 Å². The molecule has 2 N–H and O–H groups in total. The number of aliphatic hydroxyl groups is 1. The van der Waals surface area contributed by atoms with E-state index in [1.165, 1.54) is 0 Å². The maximum absolute atomic E-state index is 11.5. The van der Waals surface area contributed by atoms with Gasteiger partial charge in [0.05, 0.1) is 19.3 Å². The summed E-state index contributed by atoms with van der Waals surface area (Å²) in [6.45, 7) is 2.26. The van der Waals surface area contributed by atoms with Crippen molar-refractivity contribution < 1.29 is 14.6 Å². The molecule has 1 amide bonds. The van der Waals surface area contributed by atoms with Crippen LogP contribution in [0, 0.1) is 0 Å². The summed E-state index contributed by atoms with van der Waals surface area (Å²) in [6, 6.07) is 6.99. The third kappa shape index (κ3) is 5.06. The van der Waals surface area contributed by atoms with Gasteiger partial charge in [0, 0.05) is 4.47 Å². The Morgan fingerprint density at radius 2 is 2.33 bits per heavy atom. The van der Waals surface area contributed by atoms with Crippen LogP contribution in [0.1, 0.15) is 31.4 Å². The maximum atomic E-state index is 11.5. The molecule has 0 fully saturated rings. The van der Waals surface area contributed by atoms with Gasteiger partial charge >= 0.3 is 6.09 Å². The Morgan fingerprint density at radius 1 is 1.56 bits per heavy atom. The lowest BCUT2D eigenvalue weighted by atomic mass is 10.1. The second-order valence-electron chi connectivity index (χ2n) is 3.92. The highest BCUT2D eigenvalue weighted by Gasteiger charge is 2.14. The van der Waals surface area contributed by atoms with Crippen LogP contribution >= 0.6 is 15.9 Å². The van der Waals surface area contributed by atoms with Crippen molar-refractivity contribution in [1.82, 2.24) is 5.32 Å². The highest BCUT2D eigenvalue weighted by atomic mass is 79.9. The van der Waals surface area contributed by atoms with Crippen LogP contribution in [0.2, 0.25) is 0 Å². The molecule has 0 unspecified atom stereocenters. The number of ether oxygens (including phenoxy) is 1. The molecule has 0 aliphatic heterocycles. The minimum absolute atomic E-state index is 0.167. The normalized spacial score (nSPS) is 11.9. The van der Waals surface area contributed by atoms with E-state index in [2.05, 4.69) is 21.2 Å². The Hall–Kier alpha value is -1.07. The number of hydrogen-bond acceptors (Lipinski definition) is 3. The zero-order chi connectivity index (χ0) is 13.4. The van der Waals surface area contributed by atoms with Crippen molar-refractivity contribution in [2.24, 2.45) is 0 Å². The predicted octanol–water partition coefficient (Wildman–Crippen LogP) is 3.01. The number of amides is 1. The van der Waals surface area contributed by atoms with E-state index in [-0.39, 0.29) is 6.61 Å². The summed E-state index contributed by atoms with van der Waals surface area (Å²) in [5.41, 5.74) is 0.833. The fraction of sp³-hybridized carbons (Fsp3) is 0.462. The number of aliphatic hydroxyl groups excluding tert-OH is 1. The van der Waals surface area contributed by atoms with Crippen molar-refractivity contribution in [2.45, 2.75) is 25.8 Å². The van der Waals surface area contributed by atoms with Crippen LogP contribution in [0.3, 0.4) is 0 Å². The van der Waals surface area contributed by atoms with Gasteiger partial charge in [-0.3, -0.25) is 0 Å². The Morgan fingerprint density at radius 3 is 2.94 bits per heavy atom. The third-order valence-corrected chi connectivity index (χ3v) is 2.95. The zero-order valence-electron chi connectivity index (χ0n) is 10.4. The first-order valence-electron chi connectivity index (χ1n) is 5.97. The second kappa shape index (κ2) is 8.11. The molecule has 0 aliphatic carbocycles. The van der Waals surface area contributed by atoms with Crippen LogP contribution in [0.5, 0.6) is 0 Å². The third-order valence-electron chi connectivity index (χ3n) is 2.46. The van der Waals surface area contributed by atoms with Gasteiger partial charge in [-0.2, -0.15) is 0 Å². The summed E-state index contributed by atoms with van der Waals surface area (Å²) < 4.78 is 5.90. The fourth-order valence-corrected chi connectivity index (χ4v) is 1.87. The van der Waals surface area contributed by atoms with Crippen LogP contribution in [-0.4, -0.2) is 24.4 Å². The number of hydrogen-bond donors (Lipinski definition) is 2. The summed E-state index contributed by atoms with van der Waals surface area (Å²) in [7, 11) is 0. The van der Waals surface area contributed by atoms with Gasteiger partial charge in [0.2, 0.25) is 0 Å². The van der Waals surface area contributed by atoms with E-state index < -0.39 is 12.1 Å². The molecule has 0 spiro atoms. The summed E-state index contributed by atoms with van der Waals surface area (Å²) >= 11 is 3.35. The summed E-state index contributed by atoms with van der Waals surface area (Å²) in [4.78, 5) is 11.5. The number of unbranched alkanes of at least 4 members (excludes halogenated alkanes) is 1. The zero-order valence-corrected chi connectivity index (χ0v) is 11.9. The maximum Gasteiger partial charge on any atom is 0.407 e. The first kappa shape index (κ1) is 15.0. The van der Waals surface area contributed by atoms with Crippen LogP contribution in [0.4, 0.5) is 4.79 Å². The van der Waals surface area contributed by atoms with Crippen molar-refractivity contribution in [3.63, 3.8) is 0 Å². The SMILES string of the molecule is CCCCOC(=O)N[C@@H](CO)c1cccc(Br)c1. The van der Waals surface area contributed by atoms with Gasteiger partial charge in [-0.15, -0.1) is 0 Å². The minimum Gasteiger partial charge on any atom is -0.450 e. The van der Waals surface area contributed by atoms with E-state index in [9.17, 15) is 9.90 Å². The van der Waals surface area contributed by atoms with Gasteiger partial charge in [0.1, 0.15) is 0 Å². The molecule has 0 saturated carbocycles. The molecule has 0 aliphatic rings. The van der Waals surface area contributed by atoms with Gasteiger partial charge in [0.25, 0.3) is 0 Å². The molecule has 0 heterocycles. The highest BCUT2D eigenvalue weighted by molar-refractivity contribution is 9.10. The molecular formula is C13H18BrNO3. The lowest BCUT2D eigenvalue weighted by Crippen LogP contribution is -2.31. The minimum atomic E-state index is -0.498. The molecule has 1 atom stereocenters. The van der Waals surface area contributed by atoms with Crippen molar-refractivity contribution in [3.8, 4) is 0 Å². The van der Waals surface area contributed by atoms with Gasteiger partial charge < -0.3 is 15.2 Å². The highest BCUT2D eigenvalue weighted by Crippen LogP contribution is 2.18. The topological polar surface area (TPSA) is 58.6 Å². The van der Waals surface area contributed by atoms with Gasteiger partial charge in [0.15, 0.2) is 0 Å². The molecule has 18 heavy (non-hydrogen) atoms. The monoisotopic (exact) mass is 315 g/mol. The molecule has 0 saturated heterocycles. The average molecular weight is 316 g/mol. The van der Waals surface area contributed by atoms with Gasteiger partial charge in [-0.1, -0.05) is 41.4 Å². The van der Waals surface area contributed by atoms with E-state index in [0.29, 0.717) is 6.61 Å². The fourth-order valence-electron chi connectivity index (χ4n) is 1.45. The number of benzene rings is 1. The largest absolute Gasteiger partial charge is 0.450 e. The first-order valence-corrected chi connectivity index (χ1v) is 6.76. The van der Waals surface area contributed by atoms with Gasteiger partial charge in [-0.05, 0) is 24.1 Å². The number of carbonyl (C=O) groups is 1. The van der Waals surface area contributed by atoms with Crippen LogP contribution in [-0.2, 0) is 4.74 Å². The quantitative estimate of drug-likeness (QED) is 0.793. The van der Waals surface area contributed by atoms with E-state index >= 15 is 0 Å². The van der Waals surface area contributed by atoms with Crippen LogP contribution in [0.15, 0.2) is 28.7 Å². The lowest BCUT2D eigenvalue weighted by molar-refractivity contribution is 0.134. The first-order chi connectivity index (χ1) is 8.67. The number of carbonyl (C=O) groups excluding carboxylic acids is 1. The molecule has 0 aromatic heterocycles. The Bertz CT molecular complexity index is 384. The number of nitrogens with one attached hydrogen (secondary N) is 1.